The smallest absolute Gasteiger partial charge is 0.205 e. The Morgan fingerprint density at radius 3 is 3.00 bits per heavy atom. The maximum absolute atomic E-state index is 4.20. The minimum atomic E-state index is 0.774. The van der Waals surface area contributed by atoms with E-state index in [0.29, 0.717) is 0 Å². The highest BCUT2D eigenvalue weighted by Crippen LogP contribution is 2.16. The predicted molar refractivity (Wildman–Crippen MR) is 79.1 cm³/mol. The molecule has 0 unspecified atom stereocenters. The van der Waals surface area contributed by atoms with Crippen molar-refractivity contribution in [3.8, 4) is 0 Å². The molecule has 104 valence electrons. The van der Waals surface area contributed by atoms with Gasteiger partial charge in [0.2, 0.25) is 5.13 Å². The van der Waals surface area contributed by atoms with Crippen LogP contribution in [0.15, 0.2) is 24.4 Å². The monoisotopic (exact) mass is 288 g/mol. The van der Waals surface area contributed by atoms with Crippen LogP contribution in [0.3, 0.4) is 0 Å². The Kier molecular flexibility index (Phi) is 3.87. The van der Waals surface area contributed by atoms with Crippen LogP contribution in [0.1, 0.15) is 24.2 Å². The minimum Gasteiger partial charge on any atom is -0.360 e. The highest BCUT2D eigenvalue weighted by molar-refractivity contribution is 7.15. The molecule has 3 heterocycles. The zero-order valence-electron chi connectivity index (χ0n) is 11.3. The van der Waals surface area contributed by atoms with Gasteiger partial charge in [0.25, 0.3) is 0 Å². The summed E-state index contributed by atoms with van der Waals surface area (Å²) in [5, 5.41) is 21.9. The van der Waals surface area contributed by atoms with Gasteiger partial charge in [0.15, 0.2) is 5.65 Å². The molecule has 0 aliphatic carbocycles. The number of nitrogens with zero attached hydrogens (tertiary/aromatic N) is 5. The standard InChI is InChI=1S/C13H16N6S/c1-2-5-12-17-18-13(20-12)14-8-7-11-16-15-10-6-3-4-9-19(10)11/h3-4,6,9H,2,5,7-8H2,1H3,(H,14,18). The molecule has 3 aromatic rings. The number of nitrogens with one attached hydrogen (secondary N) is 1. The Morgan fingerprint density at radius 1 is 1.15 bits per heavy atom. The molecule has 1 N–H and O–H groups in total. The van der Waals surface area contributed by atoms with E-state index in [-0.39, 0.29) is 0 Å². The molecular weight excluding hydrogens is 272 g/mol. The van der Waals surface area contributed by atoms with Gasteiger partial charge in [-0.15, -0.1) is 20.4 Å². The van der Waals surface area contributed by atoms with E-state index in [1.165, 1.54) is 0 Å². The molecule has 6 nitrogen and oxygen atoms in total. The van der Waals surface area contributed by atoms with Gasteiger partial charge in [0.05, 0.1) is 0 Å². The van der Waals surface area contributed by atoms with Gasteiger partial charge in [0, 0.05) is 25.6 Å². The first-order valence-electron chi connectivity index (χ1n) is 6.71. The first kappa shape index (κ1) is 13.0. The summed E-state index contributed by atoms with van der Waals surface area (Å²) in [6.45, 7) is 2.92. The number of hydrogen-bond acceptors (Lipinski definition) is 6. The molecule has 0 saturated carbocycles. The number of aryl methyl sites for hydroxylation is 1. The third-order valence-corrected chi connectivity index (χ3v) is 3.88. The Balaban J connectivity index is 1.59. The summed E-state index contributed by atoms with van der Waals surface area (Å²) in [6, 6.07) is 5.89. The molecule has 0 amide bonds. The van der Waals surface area contributed by atoms with E-state index in [1.54, 1.807) is 11.3 Å². The topological polar surface area (TPSA) is 68.0 Å². The van der Waals surface area contributed by atoms with E-state index in [1.807, 2.05) is 28.8 Å². The molecule has 0 saturated heterocycles. The van der Waals surface area contributed by atoms with Crippen molar-refractivity contribution in [2.75, 3.05) is 11.9 Å². The third kappa shape index (κ3) is 2.77. The van der Waals surface area contributed by atoms with E-state index in [2.05, 4.69) is 32.6 Å². The van der Waals surface area contributed by atoms with E-state index < -0.39 is 0 Å². The maximum Gasteiger partial charge on any atom is 0.205 e. The number of pyridine rings is 1. The van der Waals surface area contributed by atoms with Crippen molar-refractivity contribution in [2.45, 2.75) is 26.2 Å². The van der Waals surface area contributed by atoms with Crippen molar-refractivity contribution in [3.63, 3.8) is 0 Å². The summed E-state index contributed by atoms with van der Waals surface area (Å²) in [4.78, 5) is 0. The lowest BCUT2D eigenvalue weighted by atomic mass is 10.4. The largest absolute Gasteiger partial charge is 0.360 e. The van der Waals surface area contributed by atoms with E-state index in [0.717, 1.165) is 47.4 Å². The van der Waals surface area contributed by atoms with Crippen LogP contribution in [0.2, 0.25) is 0 Å². The quantitative estimate of drug-likeness (QED) is 0.753. The van der Waals surface area contributed by atoms with Gasteiger partial charge < -0.3 is 5.32 Å². The van der Waals surface area contributed by atoms with Crippen LogP contribution in [-0.4, -0.2) is 31.3 Å². The summed E-state index contributed by atoms with van der Waals surface area (Å²) in [6.07, 6.45) is 4.87. The molecular formula is C13H16N6S. The second-order valence-corrected chi connectivity index (χ2v) is 5.53. The molecule has 0 fully saturated rings. The van der Waals surface area contributed by atoms with Crippen LogP contribution in [0.25, 0.3) is 5.65 Å². The highest BCUT2D eigenvalue weighted by Gasteiger charge is 2.06. The fourth-order valence-corrected chi connectivity index (χ4v) is 2.85. The van der Waals surface area contributed by atoms with Crippen molar-refractivity contribution in [3.05, 3.63) is 35.2 Å². The third-order valence-electron chi connectivity index (χ3n) is 2.94. The zero-order chi connectivity index (χ0) is 13.8. The molecule has 0 radical (unpaired) electrons. The Labute approximate surface area is 120 Å². The fraction of sp³-hybridized carbons (Fsp3) is 0.385. The number of anilines is 1. The minimum absolute atomic E-state index is 0.774. The van der Waals surface area contributed by atoms with Gasteiger partial charge in [-0.05, 0) is 18.6 Å². The summed E-state index contributed by atoms with van der Waals surface area (Å²) in [5.74, 6) is 0.950. The second-order valence-electron chi connectivity index (χ2n) is 4.47. The molecule has 3 aromatic heterocycles. The average molecular weight is 288 g/mol. The lowest BCUT2D eigenvalue weighted by molar-refractivity contribution is 0.860. The molecule has 0 spiro atoms. The van der Waals surface area contributed by atoms with Crippen LogP contribution in [0, 0.1) is 0 Å². The highest BCUT2D eigenvalue weighted by atomic mass is 32.1. The number of rotatable bonds is 6. The first-order chi connectivity index (χ1) is 9.86. The summed E-state index contributed by atoms with van der Waals surface area (Å²) >= 11 is 1.62. The molecule has 20 heavy (non-hydrogen) atoms. The number of fused-ring (bicyclic) bond motifs is 1. The molecule has 3 rings (SSSR count). The van der Waals surface area contributed by atoms with Gasteiger partial charge in [-0.3, -0.25) is 4.40 Å². The van der Waals surface area contributed by atoms with Gasteiger partial charge in [0.1, 0.15) is 10.8 Å². The molecule has 7 heteroatoms. The van der Waals surface area contributed by atoms with Crippen molar-refractivity contribution < 1.29 is 0 Å². The maximum atomic E-state index is 4.20. The van der Waals surface area contributed by atoms with Crippen molar-refractivity contribution >= 4 is 22.1 Å². The van der Waals surface area contributed by atoms with Crippen molar-refractivity contribution in [1.29, 1.82) is 0 Å². The second kappa shape index (κ2) is 5.96. The van der Waals surface area contributed by atoms with Crippen molar-refractivity contribution in [1.82, 2.24) is 24.8 Å². The molecule has 0 aliphatic heterocycles. The first-order valence-corrected chi connectivity index (χ1v) is 7.53. The molecule has 0 aromatic carbocycles. The van der Waals surface area contributed by atoms with Gasteiger partial charge in [-0.1, -0.05) is 24.3 Å². The Morgan fingerprint density at radius 2 is 2.10 bits per heavy atom. The lowest BCUT2D eigenvalue weighted by Gasteiger charge is -2.00. The Hall–Kier alpha value is -2.02. The van der Waals surface area contributed by atoms with E-state index >= 15 is 0 Å². The van der Waals surface area contributed by atoms with Crippen LogP contribution in [0.5, 0.6) is 0 Å². The van der Waals surface area contributed by atoms with Gasteiger partial charge >= 0.3 is 0 Å². The van der Waals surface area contributed by atoms with E-state index in [4.69, 9.17) is 0 Å². The predicted octanol–water partition coefficient (Wildman–Crippen LogP) is 2.19. The van der Waals surface area contributed by atoms with E-state index in [9.17, 15) is 0 Å². The van der Waals surface area contributed by atoms with Crippen LogP contribution < -0.4 is 5.32 Å². The Bertz CT molecular complexity index is 689. The van der Waals surface area contributed by atoms with Crippen molar-refractivity contribution in [2.24, 2.45) is 0 Å². The summed E-state index contributed by atoms with van der Waals surface area (Å²) < 4.78 is 2.00. The summed E-state index contributed by atoms with van der Waals surface area (Å²) in [5.41, 5.74) is 0.878. The number of hydrogen-bond donors (Lipinski definition) is 1. The lowest BCUT2D eigenvalue weighted by Crippen LogP contribution is -2.07. The van der Waals surface area contributed by atoms with Crippen LogP contribution in [-0.2, 0) is 12.8 Å². The van der Waals surface area contributed by atoms with Crippen LogP contribution >= 0.6 is 11.3 Å². The molecule has 0 atom stereocenters. The average Bonchev–Trinajstić information content (AvgIpc) is 3.07. The normalized spacial score (nSPS) is 11.1. The zero-order valence-corrected chi connectivity index (χ0v) is 12.1. The fourth-order valence-electron chi connectivity index (χ4n) is 1.98. The molecule has 0 aliphatic rings. The number of aromatic nitrogens is 5. The summed E-state index contributed by atoms with van der Waals surface area (Å²) in [7, 11) is 0. The van der Waals surface area contributed by atoms with Gasteiger partial charge in [-0.2, -0.15) is 0 Å². The molecule has 0 bridgehead atoms. The van der Waals surface area contributed by atoms with Gasteiger partial charge in [-0.25, -0.2) is 0 Å². The van der Waals surface area contributed by atoms with Crippen LogP contribution in [0.4, 0.5) is 5.13 Å². The SMILES string of the molecule is CCCc1nnc(NCCc2nnc3ccccn23)s1.